The van der Waals surface area contributed by atoms with Crippen LogP contribution < -0.4 is 14.5 Å². The molecule has 0 saturated carbocycles. The van der Waals surface area contributed by atoms with E-state index in [9.17, 15) is 0 Å². The summed E-state index contributed by atoms with van der Waals surface area (Å²) in [6.07, 6.45) is 1.82. The summed E-state index contributed by atoms with van der Waals surface area (Å²) in [5.74, 6) is 2.00. The van der Waals surface area contributed by atoms with Gasteiger partial charge in [-0.25, -0.2) is 4.98 Å². The van der Waals surface area contributed by atoms with Gasteiger partial charge in [0, 0.05) is 77.9 Å². The van der Waals surface area contributed by atoms with E-state index in [1.165, 1.54) is 0 Å². The van der Waals surface area contributed by atoms with Gasteiger partial charge in [0.1, 0.15) is 5.82 Å². The molecule has 11 aromatic rings. The number of rotatable bonds is 8. The molecule has 9 aromatic carbocycles. The maximum absolute atomic E-state index is 6.65. The molecule has 0 unspecified atom stereocenters. The Hall–Kier alpha value is -7.72. The number of anilines is 4. The van der Waals surface area contributed by atoms with E-state index < -0.39 is 0 Å². The third kappa shape index (κ3) is 6.82. The maximum Gasteiger partial charge on any atom is 0.135 e. The molecule has 1 aliphatic rings. The molecule has 12 rings (SSSR count). The van der Waals surface area contributed by atoms with E-state index in [1.807, 2.05) is 42.6 Å². The number of para-hydroxylation sites is 1. The SMILES string of the molecule is [Pt].[c-]1c(Oc2[c-]c3c(cc2)c2ccccc2n3-c2ccccn2)cccc1N1[CH-]N(c2c(-c3ccccc3)cc(-c3ccccc3)cc2-c2ccccc2)c2c1ccc1ccccc21. The predicted molar refractivity (Wildman–Crippen MR) is 258 cm³/mol. The van der Waals surface area contributed by atoms with Crippen LogP contribution in [0.3, 0.4) is 0 Å². The molecule has 0 aliphatic carbocycles. The van der Waals surface area contributed by atoms with Crippen LogP contribution in [0.4, 0.5) is 22.7 Å². The summed E-state index contributed by atoms with van der Waals surface area (Å²) < 4.78 is 8.80. The molecule has 0 radical (unpaired) electrons. The van der Waals surface area contributed by atoms with Crippen LogP contribution in [0.5, 0.6) is 11.5 Å². The minimum Gasteiger partial charge on any atom is -0.509 e. The second-order valence-electron chi connectivity index (χ2n) is 15.7. The van der Waals surface area contributed by atoms with Crippen molar-refractivity contribution < 1.29 is 25.8 Å². The molecular weight excluding hydrogens is 964 g/mol. The first kappa shape index (κ1) is 39.1. The van der Waals surface area contributed by atoms with Crippen molar-refractivity contribution in [3.63, 3.8) is 0 Å². The average molecular weight is 1000 g/mol. The Bertz CT molecular complexity index is 3400. The van der Waals surface area contributed by atoms with Gasteiger partial charge in [-0.15, -0.1) is 48.1 Å². The van der Waals surface area contributed by atoms with Crippen molar-refractivity contribution in [2.45, 2.75) is 0 Å². The van der Waals surface area contributed by atoms with Gasteiger partial charge in [-0.1, -0.05) is 151 Å². The van der Waals surface area contributed by atoms with Gasteiger partial charge >= 0.3 is 0 Å². The van der Waals surface area contributed by atoms with Gasteiger partial charge in [0.05, 0.1) is 0 Å². The van der Waals surface area contributed by atoms with Gasteiger partial charge < -0.3 is 19.1 Å². The van der Waals surface area contributed by atoms with Crippen LogP contribution in [0.2, 0.25) is 0 Å². The van der Waals surface area contributed by atoms with Gasteiger partial charge in [-0.2, -0.15) is 12.1 Å². The number of fused-ring (bicyclic) bond motifs is 6. The molecule has 5 nitrogen and oxygen atoms in total. The maximum atomic E-state index is 6.65. The van der Waals surface area contributed by atoms with Gasteiger partial charge in [0.2, 0.25) is 0 Å². The van der Waals surface area contributed by atoms with Crippen LogP contribution in [0.1, 0.15) is 0 Å². The fraction of sp³-hybridized carbons (Fsp3) is 0. The second kappa shape index (κ2) is 16.5. The van der Waals surface area contributed by atoms with Crippen molar-refractivity contribution in [2.24, 2.45) is 0 Å². The van der Waals surface area contributed by atoms with Crippen molar-refractivity contribution in [3.05, 3.63) is 237 Å². The average Bonchev–Trinajstić information content (AvgIpc) is 3.91. The quantitative estimate of drug-likeness (QED) is 0.142. The number of aromatic nitrogens is 2. The molecule has 64 heavy (non-hydrogen) atoms. The predicted octanol–water partition coefficient (Wildman–Crippen LogP) is 15.1. The van der Waals surface area contributed by atoms with Crippen molar-refractivity contribution >= 4 is 55.3 Å². The Morgan fingerprint density at radius 3 is 1.81 bits per heavy atom. The first-order chi connectivity index (χ1) is 31.2. The number of hydrogen-bond donors (Lipinski definition) is 0. The number of ether oxygens (including phenoxy) is 1. The molecule has 0 atom stereocenters. The molecule has 3 heterocycles. The molecule has 0 saturated heterocycles. The molecule has 1 aliphatic heterocycles. The van der Waals surface area contributed by atoms with Gasteiger partial charge in [-0.05, 0) is 69.4 Å². The molecule has 308 valence electrons. The van der Waals surface area contributed by atoms with Crippen molar-refractivity contribution in [1.82, 2.24) is 9.55 Å². The summed E-state index contributed by atoms with van der Waals surface area (Å²) in [7, 11) is 0. The minimum atomic E-state index is 0. The molecule has 0 fully saturated rings. The van der Waals surface area contributed by atoms with Crippen LogP contribution in [-0.2, 0) is 21.1 Å². The molecule has 0 spiro atoms. The van der Waals surface area contributed by atoms with Gasteiger partial charge in [0.25, 0.3) is 0 Å². The second-order valence-corrected chi connectivity index (χ2v) is 15.7. The molecule has 0 amide bonds. The standard InChI is InChI=1S/C58H37N4O.Pt/c1-4-17-40(18-5-1)44-35-51(41-19-6-2-7-20-41)57(52(36-44)42-21-8-3-9-22-42)61-39-60(54-33-30-43-23-10-11-26-48(43)58(54)61)45-24-16-25-46(37-45)63-47-31-32-50-49-27-12-13-28-53(49)62(55(50)38-47)56-29-14-15-34-59-56;/h1-36,39H;/q-3;. The zero-order chi connectivity index (χ0) is 41.7. The van der Waals surface area contributed by atoms with Crippen LogP contribution in [0, 0.1) is 18.8 Å². The Morgan fingerprint density at radius 1 is 0.453 bits per heavy atom. The molecule has 2 aromatic heterocycles. The summed E-state index contributed by atoms with van der Waals surface area (Å²) in [5.41, 5.74) is 12.9. The van der Waals surface area contributed by atoms with E-state index in [0.29, 0.717) is 11.5 Å². The Labute approximate surface area is 386 Å². The van der Waals surface area contributed by atoms with Crippen molar-refractivity contribution in [3.8, 4) is 50.7 Å². The molecule has 6 heteroatoms. The molecule has 0 bridgehead atoms. The smallest absolute Gasteiger partial charge is 0.135 e. The number of pyridine rings is 1. The molecule has 0 N–H and O–H groups in total. The van der Waals surface area contributed by atoms with Gasteiger partial charge in [0.15, 0.2) is 0 Å². The zero-order valence-corrected chi connectivity index (χ0v) is 36.6. The summed E-state index contributed by atoms with van der Waals surface area (Å²) in [6, 6.07) is 81.6. The van der Waals surface area contributed by atoms with E-state index in [-0.39, 0.29) is 21.1 Å². The zero-order valence-electron chi connectivity index (χ0n) is 34.4. The van der Waals surface area contributed by atoms with Crippen LogP contribution in [0.25, 0.3) is 71.8 Å². The summed E-state index contributed by atoms with van der Waals surface area (Å²) in [5, 5.41) is 4.53. The monoisotopic (exact) mass is 1000 g/mol. The molecular formula is C58H37N4OPt-3. The fourth-order valence-electron chi connectivity index (χ4n) is 9.07. The van der Waals surface area contributed by atoms with E-state index in [4.69, 9.17) is 9.72 Å². The Morgan fingerprint density at radius 2 is 1.09 bits per heavy atom. The first-order valence-electron chi connectivity index (χ1n) is 21.1. The van der Waals surface area contributed by atoms with Crippen molar-refractivity contribution in [2.75, 3.05) is 9.80 Å². The number of hydrogen-bond acceptors (Lipinski definition) is 4. The van der Waals surface area contributed by atoms with Crippen molar-refractivity contribution in [1.29, 1.82) is 0 Å². The topological polar surface area (TPSA) is 33.5 Å². The number of benzene rings is 9. The largest absolute Gasteiger partial charge is 0.509 e. The fourth-order valence-corrected chi connectivity index (χ4v) is 9.07. The first-order valence-corrected chi connectivity index (χ1v) is 21.1. The number of nitrogens with zero attached hydrogens (tertiary/aromatic N) is 4. The van der Waals surface area contributed by atoms with E-state index in [1.54, 1.807) is 0 Å². The van der Waals surface area contributed by atoms with Gasteiger partial charge in [-0.3, -0.25) is 0 Å². The van der Waals surface area contributed by atoms with Crippen LogP contribution in [0.15, 0.2) is 219 Å². The third-order valence-corrected chi connectivity index (χ3v) is 11.9. The van der Waals surface area contributed by atoms with Crippen LogP contribution in [-0.4, -0.2) is 9.55 Å². The Balaban J connectivity index is 0.00000456. The normalized spacial score (nSPS) is 12.1. The summed E-state index contributed by atoms with van der Waals surface area (Å²) in [6.45, 7) is 2.21. The van der Waals surface area contributed by atoms with E-state index in [0.717, 1.165) is 94.5 Å². The summed E-state index contributed by atoms with van der Waals surface area (Å²) >= 11 is 0. The van der Waals surface area contributed by atoms with E-state index >= 15 is 0 Å². The summed E-state index contributed by atoms with van der Waals surface area (Å²) in [4.78, 5) is 9.32. The van der Waals surface area contributed by atoms with Crippen LogP contribution >= 0.6 is 0 Å². The Kier molecular flexibility index (Phi) is 10.1. The minimum absolute atomic E-state index is 0. The van der Waals surface area contributed by atoms with E-state index in [2.05, 4.69) is 209 Å². The third-order valence-electron chi connectivity index (χ3n) is 11.9.